The molecule has 1 amide bonds. The van der Waals surface area contributed by atoms with Crippen LogP contribution in [0.5, 0.6) is 0 Å². The molecule has 152 valence electrons. The first kappa shape index (κ1) is 19.7. The molecule has 1 aliphatic rings. The van der Waals surface area contributed by atoms with Crippen LogP contribution in [0.4, 0.5) is 11.4 Å². The fourth-order valence-corrected chi connectivity index (χ4v) is 4.46. The van der Waals surface area contributed by atoms with Gasteiger partial charge in [0.25, 0.3) is 11.6 Å². The van der Waals surface area contributed by atoms with E-state index >= 15 is 0 Å². The lowest BCUT2D eigenvalue weighted by molar-refractivity contribution is -0.384. The molecule has 9 heteroatoms. The minimum absolute atomic E-state index is 0.0711. The minimum atomic E-state index is -0.501. The van der Waals surface area contributed by atoms with E-state index in [1.807, 2.05) is 6.07 Å². The number of anilines is 1. The summed E-state index contributed by atoms with van der Waals surface area (Å²) in [5, 5.41) is 10.9. The lowest BCUT2D eigenvalue weighted by Gasteiger charge is -2.22. The van der Waals surface area contributed by atoms with Crippen molar-refractivity contribution in [3.05, 3.63) is 74.8 Å². The number of pyridine rings is 1. The van der Waals surface area contributed by atoms with Gasteiger partial charge in [0.1, 0.15) is 10.6 Å². The molecule has 3 heterocycles. The third-order valence-electron chi connectivity index (χ3n) is 4.75. The predicted molar refractivity (Wildman–Crippen MR) is 112 cm³/mol. The van der Waals surface area contributed by atoms with Crippen LogP contribution in [0.2, 0.25) is 0 Å². The number of nitro benzene ring substituents is 1. The molecule has 0 bridgehead atoms. The lowest BCUT2D eigenvalue weighted by atomic mass is 10.1. The Hall–Kier alpha value is -3.59. The monoisotopic (exact) mass is 423 g/mol. The number of ether oxygens (including phenoxy) is 1. The summed E-state index contributed by atoms with van der Waals surface area (Å²) in [5.74, 6) is -0.633. The van der Waals surface area contributed by atoms with E-state index in [1.54, 1.807) is 30.2 Å². The number of rotatable bonds is 4. The number of amides is 1. The van der Waals surface area contributed by atoms with Gasteiger partial charge < -0.3 is 9.64 Å². The van der Waals surface area contributed by atoms with Crippen LogP contribution in [0.1, 0.15) is 32.5 Å². The van der Waals surface area contributed by atoms with Crippen molar-refractivity contribution in [3.8, 4) is 10.6 Å². The van der Waals surface area contributed by atoms with Crippen LogP contribution in [-0.4, -0.2) is 34.9 Å². The third-order valence-corrected chi connectivity index (χ3v) is 5.92. The summed E-state index contributed by atoms with van der Waals surface area (Å²) in [6, 6.07) is 10.9. The number of nitrogens with zero attached hydrogens (tertiary/aromatic N) is 3. The van der Waals surface area contributed by atoms with Crippen molar-refractivity contribution in [1.29, 1.82) is 0 Å². The summed E-state index contributed by atoms with van der Waals surface area (Å²) in [6.07, 6.45) is 2.19. The topological polar surface area (TPSA) is 103 Å². The average Bonchev–Trinajstić information content (AvgIpc) is 3.12. The number of esters is 1. The van der Waals surface area contributed by atoms with Gasteiger partial charge in [-0.1, -0.05) is 0 Å². The normalized spacial score (nSPS) is 12.5. The average molecular weight is 423 g/mol. The molecule has 8 nitrogen and oxygen atoms in total. The van der Waals surface area contributed by atoms with Crippen molar-refractivity contribution in [1.82, 2.24) is 4.98 Å². The number of fused-ring (bicyclic) bond motifs is 3. The van der Waals surface area contributed by atoms with Crippen molar-refractivity contribution >= 4 is 34.6 Å². The highest BCUT2D eigenvalue weighted by atomic mass is 32.1. The van der Waals surface area contributed by atoms with E-state index in [0.29, 0.717) is 41.4 Å². The second kappa shape index (κ2) is 8.03. The number of aromatic nitrogens is 1. The predicted octanol–water partition coefficient (Wildman–Crippen LogP) is 4.10. The van der Waals surface area contributed by atoms with E-state index < -0.39 is 4.92 Å². The first-order valence-electron chi connectivity index (χ1n) is 9.31. The Morgan fingerprint density at radius 2 is 2.03 bits per heavy atom. The van der Waals surface area contributed by atoms with Gasteiger partial charge >= 0.3 is 5.97 Å². The summed E-state index contributed by atoms with van der Waals surface area (Å²) in [4.78, 5) is 43.2. The Kier molecular flexibility index (Phi) is 5.28. The number of hydrogen-bond acceptors (Lipinski definition) is 7. The van der Waals surface area contributed by atoms with Crippen molar-refractivity contribution in [2.45, 2.75) is 13.3 Å². The second-order valence-corrected chi connectivity index (χ2v) is 7.62. The van der Waals surface area contributed by atoms with Gasteiger partial charge in [-0.05, 0) is 49.2 Å². The Morgan fingerprint density at radius 3 is 2.73 bits per heavy atom. The molecule has 0 fully saturated rings. The van der Waals surface area contributed by atoms with Crippen LogP contribution < -0.4 is 4.90 Å². The Labute approximate surface area is 175 Å². The molecule has 0 radical (unpaired) electrons. The number of thiophene rings is 1. The van der Waals surface area contributed by atoms with Gasteiger partial charge in [0, 0.05) is 30.4 Å². The van der Waals surface area contributed by atoms with Crippen molar-refractivity contribution in [2.24, 2.45) is 0 Å². The summed E-state index contributed by atoms with van der Waals surface area (Å²) in [5.41, 5.74) is 2.48. The van der Waals surface area contributed by atoms with Gasteiger partial charge in [-0.15, -0.1) is 11.3 Å². The highest BCUT2D eigenvalue weighted by molar-refractivity contribution is 7.17. The van der Waals surface area contributed by atoms with Gasteiger partial charge in [-0.3, -0.25) is 19.9 Å². The van der Waals surface area contributed by atoms with Gasteiger partial charge in [0.05, 0.1) is 22.1 Å². The molecular formula is C21H17N3O5S. The molecule has 0 spiro atoms. The van der Waals surface area contributed by atoms with Crippen molar-refractivity contribution < 1.29 is 19.2 Å². The van der Waals surface area contributed by atoms with Crippen LogP contribution in [-0.2, 0) is 11.2 Å². The maximum absolute atomic E-state index is 13.2. The van der Waals surface area contributed by atoms with Crippen LogP contribution >= 0.6 is 11.3 Å². The minimum Gasteiger partial charge on any atom is -0.462 e. The molecule has 3 aromatic rings. The maximum atomic E-state index is 13.2. The Morgan fingerprint density at radius 1 is 1.27 bits per heavy atom. The fraction of sp³-hybridized carbons (Fsp3) is 0.190. The molecule has 0 atom stereocenters. The van der Waals surface area contributed by atoms with E-state index in [1.165, 1.54) is 35.6 Å². The molecule has 0 unspecified atom stereocenters. The van der Waals surface area contributed by atoms with Crippen molar-refractivity contribution in [2.75, 3.05) is 18.1 Å². The molecule has 1 aliphatic heterocycles. The molecule has 30 heavy (non-hydrogen) atoms. The molecule has 1 aromatic carbocycles. The second-order valence-electron chi connectivity index (χ2n) is 6.57. The zero-order chi connectivity index (χ0) is 21.3. The zero-order valence-corrected chi connectivity index (χ0v) is 16.8. The number of nitro groups is 1. The van der Waals surface area contributed by atoms with Gasteiger partial charge in [0.15, 0.2) is 0 Å². The zero-order valence-electron chi connectivity index (χ0n) is 16.0. The third kappa shape index (κ3) is 3.55. The summed E-state index contributed by atoms with van der Waals surface area (Å²) in [7, 11) is 0. The summed E-state index contributed by atoms with van der Waals surface area (Å²) >= 11 is 1.30. The summed E-state index contributed by atoms with van der Waals surface area (Å²) < 4.78 is 5.11. The molecular weight excluding hydrogens is 406 g/mol. The quantitative estimate of drug-likeness (QED) is 0.356. The van der Waals surface area contributed by atoms with Crippen LogP contribution in [0, 0.1) is 10.1 Å². The van der Waals surface area contributed by atoms with Crippen LogP contribution in [0.25, 0.3) is 10.6 Å². The molecule has 0 saturated heterocycles. The van der Waals surface area contributed by atoms with Crippen molar-refractivity contribution in [3.63, 3.8) is 0 Å². The number of carbonyl (C=O) groups excluding carboxylic acids is 2. The number of non-ortho nitro benzene ring substituents is 1. The smallest absolute Gasteiger partial charge is 0.348 e. The van der Waals surface area contributed by atoms with E-state index in [4.69, 9.17) is 4.74 Å². The van der Waals surface area contributed by atoms with Gasteiger partial charge in [-0.2, -0.15) is 0 Å². The largest absolute Gasteiger partial charge is 0.462 e. The number of hydrogen-bond donors (Lipinski definition) is 0. The molecule has 0 aliphatic carbocycles. The molecule has 4 rings (SSSR count). The number of benzene rings is 1. The first-order valence-corrected chi connectivity index (χ1v) is 10.1. The molecule has 0 N–H and O–H groups in total. The van der Waals surface area contributed by atoms with Crippen LogP contribution in [0.3, 0.4) is 0 Å². The van der Waals surface area contributed by atoms with E-state index in [0.717, 1.165) is 10.4 Å². The van der Waals surface area contributed by atoms with Crippen LogP contribution in [0.15, 0.2) is 48.7 Å². The highest BCUT2D eigenvalue weighted by Gasteiger charge is 2.28. The Balaban J connectivity index is 1.71. The first-order chi connectivity index (χ1) is 14.5. The van der Waals surface area contributed by atoms with Gasteiger partial charge in [-0.25, -0.2) is 4.79 Å². The standard InChI is InChI=1S/C21H17N3O5S/c1-2-29-21(26)17-12-14-9-11-23(16-4-3-10-22-18(16)19(14)30-17)20(25)13-5-7-15(8-6-13)24(27)28/h3-8,10,12H,2,9,11H2,1H3. The maximum Gasteiger partial charge on any atom is 0.348 e. The summed E-state index contributed by atoms with van der Waals surface area (Å²) in [6.45, 7) is 2.45. The highest BCUT2D eigenvalue weighted by Crippen LogP contribution is 2.40. The molecule has 0 saturated carbocycles. The van der Waals surface area contributed by atoms with E-state index in [9.17, 15) is 19.7 Å². The fourth-order valence-electron chi connectivity index (χ4n) is 3.35. The van der Waals surface area contributed by atoms with Gasteiger partial charge in [0.2, 0.25) is 0 Å². The molecule has 2 aromatic heterocycles. The Bertz CT molecular complexity index is 1140. The van der Waals surface area contributed by atoms with E-state index in [-0.39, 0.29) is 17.6 Å². The lowest BCUT2D eigenvalue weighted by Crippen LogP contribution is -2.32. The van der Waals surface area contributed by atoms with E-state index in [2.05, 4.69) is 4.98 Å². The SMILES string of the molecule is CCOC(=O)c1cc2c(s1)-c1ncccc1N(C(=O)c1ccc([N+](=O)[O-])cc1)CC2. The number of carbonyl (C=O) groups is 2.